The predicted octanol–water partition coefficient (Wildman–Crippen LogP) is -3.50. The molecule has 0 aromatic heterocycles. The Bertz CT molecular complexity index is 209. The quantitative estimate of drug-likeness (QED) is 0.294. The first-order valence-corrected chi connectivity index (χ1v) is 4.00. The molecule has 0 atom stereocenters. The van der Waals surface area contributed by atoms with Crippen LogP contribution in [0.5, 0.6) is 0 Å². The number of hydrogen-bond donors (Lipinski definition) is 0. The first kappa shape index (κ1) is 22.8. The maximum Gasteiger partial charge on any atom is 0.0311 e. The molecule has 0 unspecified atom stereocenters. The van der Waals surface area contributed by atoms with Crippen molar-refractivity contribution in [2.45, 2.75) is 0 Å². The van der Waals surface area contributed by atoms with Crippen molar-refractivity contribution >= 4 is 20.8 Å². The van der Waals surface area contributed by atoms with Crippen LogP contribution in [0.4, 0.5) is 0 Å². The standard InChI is InChI=1S/Ir.2H2O4S.H2O/c;2*1-5(2,3)4;/h;2*(H2,1,2,3,4);1H2/p-4. The molecule has 0 aromatic carbocycles. The predicted molar refractivity (Wildman–Crippen MR) is 24.6 cm³/mol. The molecule has 0 rings (SSSR count). The molecule has 0 aliphatic heterocycles. The minimum absolute atomic E-state index is 0. The van der Waals surface area contributed by atoms with Gasteiger partial charge in [-0.2, -0.15) is 0 Å². The van der Waals surface area contributed by atoms with Gasteiger partial charge < -0.3 is 23.7 Å². The van der Waals surface area contributed by atoms with Crippen LogP contribution in [0, 0.1) is 0 Å². The summed E-state index contributed by atoms with van der Waals surface area (Å²) in [4.78, 5) is 0. The van der Waals surface area contributed by atoms with Crippen LogP contribution in [-0.4, -0.2) is 40.5 Å². The molecule has 1 radical (unpaired) electrons. The summed E-state index contributed by atoms with van der Waals surface area (Å²) in [6, 6.07) is 0. The van der Waals surface area contributed by atoms with E-state index in [4.69, 9.17) is 35.0 Å². The van der Waals surface area contributed by atoms with Crippen LogP contribution in [0.25, 0.3) is 0 Å². The van der Waals surface area contributed by atoms with E-state index >= 15 is 0 Å². The third-order valence-corrected chi connectivity index (χ3v) is 0. The minimum Gasteiger partial charge on any atom is -0.759 e. The Balaban J connectivity index is -0.0000000457. The van der Waals surface area contributed by atoms with Crippen molar-refractivity contribution in [3.8, 4) is 0 Å². The van der Waals surface area contributed by atoms with Gasteiger partial charge in [-0.3, -0.25) is 16.8 Å². The largest absolute Gasteiger partial charge is 0.759 e. The van der Waals surface area contributed by atoms with Crippen molar-refractivity contribution in [1.29, 1.82) is 0 Å². The summed E-state index contributed by atoms with van der Waals surface area (Å²) in [5.41, 5.74) is 0. The van der Waals surface area contributed by atoms with Gasteiger partial charge >= 0.3 is 0 Å². The van der Waals surface area contributed by atoms with Gasteiger partial charge in [0.1, 0.15) is 0 Å². The fourth-order valence-electron chi connectivity index (χ4n) is 0. The van der Waals surface area contributed by atoms with Gasteiger partial charge in [0.2, 0.25) is 0 Å². The summed E-state index contributed by atoms with van der Waals surface area (Å²) in [7, 11) is -10.3. The van der Waals surface area contributed by atoms with E-state index in [2.05, 4.69) is 0 Å². The van der Waals surface area contributed by atoms with Gasteiger partial charge in [0, 0.05) is 40.9 Å². The van der Waals surface area contributed by atoms with Crippen LogP contribution in [0.3, 0.4) is 0 Å². The minimum atomic E-state index is -5.17. The maximum atomic E-state index is 8.52. The van der Waals surface area contributed by atoms with Crippen molar-refractivity contribution in [3.63, 3.8) is 0 Å². The zero-order chi connectivity index (χ0) is 9.00. The van der Waals surface area contributed by atoms with Crippen LogP contribution in [-0.2, 0) is 40.9 Å². The molecule has 0 fully saturated rings. The van der Waals surface area contributed by atoms with E-state index in [1.54, 1.807) is 0 Å². The Kier molecular flexibility index (Phi) is 15.2. The zero-order valence-corrected chi connectivity index (χ0v) is 8.94. The summed E-state index contributed by atoms with van der Waals surface area (Å²) in [5, 5.41) is 0. The zero-order valence-electron chi connectivity index (χ0n) is 4.92. The van der Waals surface area contributed by atoms with Crippen molar-refractivity contribution in [3.05, 3.63) is 0 Å². The third kappa shape index (κ3) is 7410. The Hall–Kier alpha value is 0.349. The Labute approximate surface area is 81.6 Å². The SMILES string of the molecule is O.O=S(=O)([O-])[O-].O=S(=O)([O-])[O-].[Ir]. The Morgan fingerprint density at radius 3 is 0.667 bits per heavy atom. The van der Waals surface area contributed by atoms with Gasteiger partial charge in [-0.25, -0.2) is 0 Å². The maximum absolute atomic E-state index is 8.52. The summed E-state index contributed by atoms with van der Waals surface area (Å²) in [6.45, 7) is 0. The summed E-state index contributed by atoms with van der Waals surface area (Å²) >= 11 is 0. The average Bonchev–Trinajstić information content (AvgIpc) is 1.12. The van der Waals surface area contributed by atoms with Crippen LogP contribution < -0.4 is 0 Å². The van der Waals surface area contributed by atoms with E-state index in [0.717, 1.165) is 0 Å². The van der Waals surface area contributed by atoms with E-state index < -0.39 is 20.8 Å². The van der Waals surface area contributed by atoms with Gasteiger partial charge in [0.15, 0.2) is 0 Å². The van der Waals surface area contributed by atoms with E-state index in [0.29, 0.717) is 0 Å². The number of rotatable bonds is 0. The van der Waals surface area contributed by atoms with Crippen molar-refractivity contribution in [2.24, 2.45) is 0 Å². The fourth-order valence-corrected chi connectivity index (χ4v) is 0. The summed E-state index contributed by atoms with van der Waals surface area (Å²) < 4.78 is 68.2. The molecular formula is H2IrO9S2-4. The second kappa shape index (κ2) is 7.97. The van der Waals surface area contributed by atoms with Gasteiger partial charge in [-0.15, -0.1) is 0 Å². The van der Waals surface area contributed by atoms with Gasteiger partial charge in [0.25, 0.3) is 0 Å². The molecule has 0 bridgehead atoms. The molecule has 0 spiro atoms. The Morgan fingerprint density at radius 1 is 0.667 bits per heavy atom. The molecule has 9 nitrogen and oxygen atoms in total. The number of hydrogen-bond acceptors (Lipinski definition) is 8. The van der Waals surface area contributed by atoms with Crippen LogP contribution >= 0.6 is 0 Å². The monoisotopic (exact) mass is 403 g/mol. The molecule has 0 aliphatic rings. The molecule has 0 saturated carbocycles. The molecule has 0 aliphatic carbocycles. The summed E-state index contributed by atoms with van der Waals surface area (Å²) in [6.07, 6.45) is 0. The second-order valence-electron chi connectivity index (χ2n) is 0.816. The summed E-state index contributed by atoms with van der Waals surface area (Å²) in [5.74, 6) is 0. The molecule has 12 heavy (non-hydrogen) atoms. The molecule has 0 heterocycles. The van der Waals surface area contributed by atoms with E-state index in [-0.39, 0.29) is 25.6 Å². The molecule has 0 amide bonds. The topological polar surface area (TPSA) is 192 Å². The second-order valence-corrected chi connectivity index (χ2v) is 2.45. The van der Waals surface area contributed by atoms with Crippen molar-refractivity contribution in [2.75, 3.05) is 0 Å². The molecule has 12 heteroatoms. The van der Waals surface area contributed by atoms with Gasteiger partial charge in [0.05, 0.1) is 0 Å². The van der Waals surface area contributed by atoms with Crippen molar-refractivity contribution < 1.29 is 60.6 Å². The van der Waals surface area contributed by atoms with E-state index in [1.807, 2.05) is 0 Å². The molecule has 0 saturated heterocycles. The normalized spacial score (nSPS) is 9.67. The van der Waals surface area contributed by atoms with Crippen LogP contribution in [0.15, 0.2) is 0 Å². The van der Waals surface area contributed by atoms with Gasteiger partial charge in [-0.05, 0) is 0 Å². The molecular weight excluding hydrogens is 400 g/mol. The van der Waals surface area contributed by atoms with Crippen LogP contribution in [0.1, 0.15) is 0 Å². The van der Waals surface area contributed by atoms with Gasteiger partial charge in [-0.1, -0.05) is 0 Å². The smallest absolute Gasteiger partial charge is 0.0311 e. The first-order chi connectivity index (χ1) is 4.00. The first-order valence-electron chi connectivity index (χ1n) is 1.33. The third-order valence-electron chi connectivity index (χ3n) is 0. The van der Waals surface area contributed by atoms with Crippen molar-refractivity contribution in [1.82, 2.24) is 0 Å². The van der Waals surface area contributed by atoms with E-state index in [9.17, 15) is 0 Å². The van der Waals surface area contributed by atoms with E-state index in [1.165, 1.54) is 0 Å². The molecule has 81 valence electrons. The molecule has 0 aromatic rings. The average molecular weight is 402 g/mol. The molecule has 2 N–H and O–H groups in total. The van der Waals surface area contributed by atoms with Crippen LogP contribution in [0.2, 0.25) is 0 Å². The Morgan fingerprint density at radius 2 is 0.667 bits per heavy atom. The fraction of sp³-hybridized carbons (Fsp3) is 0.